The zero-order valence-corrected chi connectivity index (χ0v) is 19.4. The lowest BCUT2D eigenvalue weighted by atomic mass is 10.1. The van der Waals surface area contributed by atoms with Crippen LogP contribution in [0, 0.1) is 6.92 Å². The highest BCUT2D eigenvalue weighted by atomic mass is 32.1. The van der Waals surface area contributed by atoms with E-state index in [0.29, 0.717) is 48.5 Å². The highest BCUT2D eigenvalue weighted by Crippen LogP contribution is 2.33. The van der Waals surface area contributed by atoms with Crippen LogP contribution < -0.4 is 20.3 Å². The van der Waals surface area contributed by atoms with Gasteiger partial charge >= 0.3 is 0 Å². The number of hydrogen-bond donors (Lipinski definition) is 2. The van der Waals surface area contributed by atoms with Crippen LogP contribution in [0.3, 0.4) is 0 Å². The van der Waals surface area contributed by atoms with Crippen molar-refractivity contribution in [3.05, 3.63) is 63.9 Å². The van der Waals surface area contributed by atoms with Crippen molar-refractivity contribution in [2.24, 2.45) is 0 Å². The van der Waals surface area contributed by atoms with Crippen LogP contribution in [0.25, 0.3) is 10.9 Å². The number of pyridine rings is 1. The summed E-state index contributed by atoms with van der Waals surface area (Å²) in [5, 5.41) is 4.77. The summed E-state index contributed by atoms with van der Waals surface area (Å²) < 4.78 is 17.2. The van der Waals surface area contributed by atoms with Crippen LogP contribution in [-0.4, -0.2) is 47.5 Å². The molecule has 2 aromatic carbocycles. The quantitative estimate of drug-likeness (QED) is 0.552. The Hall–Kier alpha value is -3.10. The lowest BCUT2D eigenvalue weighted by Gasteiger charge is -2.28. The molecule has 2 aliphatic heterocycles. The fourth-order valence-electron chi connectivity index (χ4n) is 4.20. The Balaban J connectivity index is 1.42. The largest absolute Gasteiger partial charge is 0.486 e. The maximum Gasteiger partial charge on any atom is 0.253 e. The molecular weight excluding hydrogens is 438 g/mol. The number of fused-ring (bicyclic) bond motifs is 2. The molecule has 0 spiro atoms. The van der Waals surface area contributed by atoms with Crippen LogP contribution in [-0.2, 0) is 11.3 Å². The van der Waals surface area contributed by atoms with Crippen LogP contribution in [0.2, 0.25) is 0 Å². The lowest BCUT2D eigenvalue weighted by molar-refractivity contribution is 0.0904. The van der Waals surface area contributed by atoms with Gasteiger partial charge in [0.1, 0.15) is 13.2 Å². The number of H-pyrrole nitrogens is 1. The first kappa shape index (κ1) is 21.7. The molecule has 0 radical (unpaired) electrons. The van der Waals surface area contributed by atoms with Gasteiger partial charge in [-0.25, -0.2) is 0 Å². The Labute approximate surface area is 197 Å². The number of aryl methyl sites for hydroxylation is 1. The monoisotopic (exact) mass is 465 g/mol. The fourth-order valence-corrected chi connectivity index (χ4v) is 4.46. The predicted molar refractivity (Wildman–Crippen MR) is 132 cm³/mol. The zero-order chi connectivity index (χ0) is 22.8. The van der Waals surface area contributed by atoms with Gasteiger partial charge in [0.15, 0.2) is 16.6 Å². The Bertz CT molecular complexity index is 1220. The molecule has 1 atom stereocenters. The molecule has 1 fully saturated rings. The number of aromatic nitrogens is 1. The maximum absolute atomic E-state index is 12.9. The van der Waals surface area contributed by atoms with Gasteiger partial charge in [-0.05, 0) is 56.2 Å². The van der Waals surface area contributed by atoms with Crippen molar-refractivity contribution in [2.45, 2.75) is 32.4 Å². The number of ether oxygens (including phenoxy) is 3. The Morgan fingerprint density at radius 1 is 1.12 bits per heavy atom. The molecule has 2 aliphatic rings. The first-order valence-electron chi connectivity index (χ1n) is 11.2. The van der Waals surface area contributed by atoms with Crippen molar-refractivity contribution in [3.8, 4) is 11.5 Å². The summed E-state index contributed by atoms with van der Waals surface area (Å²) in [4.78, 5) is 17.9. The Kier molecular flexibility index (Phi) is 6.20. The number of hydrogen-bond acceptors (Lipinski definition) is 5. The normalized spacial score (nSPS) is 17.2. The van der Waals surface area contributed by atoms with Crippen molar-refractivity contribution in [3.63, 3.8) is 0 Å². The first-order chi connectivity index (χ1) is 16.0. The van der Waals surface area contributed by atoms with E-state index in [4.69, 9.17) is 26.4 Å². The van der Waals surface area contributed by atoms with Crippen LogP contribution in [0.4, 0.5) is 5.69 Å². The summed E-state index contributed by atoms with van der Waals surface area (Å²) in [6.45, 7) is 4.83. The number of rotatable bonds is 5. The number of thiocarbonyl (C=S) groups is 1. The highest BCUT2D eigenvalue weighted by molar-refractivity contribution is 7.80. The van der Waals surface area contributed by atoms with Gasteiger partial charge in [-0.1, -0.05) is 17.7 Å². The van der Waals surface area contributed by atoms with Gasteiger partial charge in [-0.3, -0.25) is 4.79 Å². The van der Waals surface area contributed by atoms with E-state index in [9.17, 15) is 4.79 Å². The van der Waals surface area contributed by atoms with Crippen molar-refractivity contribution < 1.29 is 14.2 Å². The molecule has 7 nitrogen and oxygen atoms in total. The third-order valence-corrected chi connectivity index (χ3v) is 6.34. The van der Waals surface area contributed by atoms with E-state index in [1.54, 1.807) is 0 Å². The molecule has 8 heteroatoms. The van der Waals surface area contributed by atoms with E-state index in [1.165, 1.54) is 5.56 Å². The first-order valence-corrected chi connectivity index (χ1v) is 11.7. The number of aromatic amines is 1. The zero-order valence-electron chi connectivity index (χ0n) is 18.6. The second-order valence-corrected chi connectivity index (χ2v) is 8.91. The highest BCUT2D eigenvalue weighted by Gasteiger charge is 2.22. The molecule has 5 rings (SSSR count). The molecule has 0 amide bonds. The summed E-state index contributed by atoms with van der Waals surface area (Å²) in [6, 6.07) is 13.7. The number of anilines is 1. The smallest absolute Gasteiger partial charge is 0.253 e. The van der Waals surface area contributed by atoms with Gasteiger partial charge in [0.2, 0.25) is 0 Å². The maximum atomic E-state index is 12.9. The summed E-state index contributed by atoms with van der Waals surface area (Å²) in [6.07, 6.45) is 2.13. The number of benzene rings is 2. The van der Waals surface area contributed by atoms with Crippen LogP contribution in [0.1, 0.15) is 24.0 Å². The minimum Gasteiger partial charge on any atom is -0.486 e. The van der Waals surface area contributed by atoms with Gasteiger partial charge in [0.25, 0.3) is 5.56 Å². The minimum atomic E-state index is -0.144. The van der Waals surface area contributed by atoms with E-state index >= 15 is 0 Å². The van der Waals surface area contributed by atoms with Crippen molar-refractivity contribution in [1.29, 1.82) is 0 Å². The SMILES string of the molecule is Cc1ccc(NC(=S)N(Cc2cc3cc4c(cc3[nH]c2=O)OCCO4)C[C@H]2CCCO2)cc1. The van der Waals surface area contributed by atoms with Gasteiger partial charge < -0.3 is 29.4 Å². The topological polar surface area (TPSA) is 75.8 Å². The lowest BCUT2D eigenvalue weighted by Crippen LogP contribution is -2.40. The molecule has 0 aliphatic carbocycles. The Morgan fingerprint density at radius 2 is 1.88 bits per heavy atom. The number of nitrogens with zero attached hydrogens (tertiary/aromatic N) is 1. The number of nitrogens with one attached hydrogen (secondary N) is 2. The molecule has 2 N–H and O–H groups in total. The van der Waals surface area contributed by atoms with E-state index in [-0.39, 0.29) is 11.7 Å². The summed E-state index contributed by atoms with van der Waals surface area (Å²) >= 11 is 5.75. The molecule has 0 bridgehead atoms. The second kappa shape index (κ2) is 9.41. The standard InChI is InChI=1S/C25H27N3O4S/c1-16-4-6-19(7-5-16)26-25(33)28(15-20-3-2-8-30-20)14-18-11-17-12-22-23(32-10-9-31-22)13-21(17)27-24(18)29/h4-7,11-13,20H,2-3,8-10,14-15H2,1H3,(H,26,33)(H,27,29)/t20-/m1/s1. The molecule has 1 saturated heterocycles. The molecule has 3 aromatic rings. The average Bonchev–Trinajstić information content (AvgIpc) is 3.32. The second-order valence-electron chi connectivity index (χ2n) is 8.52. The fraction of sp³-hybridized carbons (Fsp3) is 0.360. The molecule has 172 valence electrons. The van der Waals surface area contributed by atoms with Crippen molar-refractivity contribution in [1.82, 2.24) is 9.88 Å². The van der Waals surface area contributed by atoms with Gasteiger partial charge in [0, 0.05) is 35.9 Å². The Morgan fingerprint density at radius 3 is 2.61 bits per heavy atom. The van der Waals surface area contributed by atoms with Crippen molar-refractivity contribution >= 4 is 33.9 Å². The van der Waals surface area contributed by atoms with E-state index in [0.717, 1.165) is 36.0 Å². The molecule has 1 aromatic heterocycles. The average molecular weight is 466 g/mol. The van der Waals surface area contributed by atoms with Crippen molar-refractivity contribution in [2.75, 3.05) is 31.7 Å². The summed E-state index contributed by atoms with van der Waals surface area (Å²) in [5.74, 6) is 1.35. The van der Waals surface area contributed by atoms with Crippen LogP contribution >= 0.6 is 12.2 Å². The van der Waals surface area contributed by atoms with E-state index < -0.39 is 0 Å². The van der Waals surface area contributed by atoms with Crippen LogP contribution in [0.15, 0.2) is 47.3 Å². The predicted octanol–water partition coefficient (Wildman–Crippen LogP) is 3.99. The minimum absolute atomic E-state index is 0.0971. The third-order valence-electron chi connectivity index (χ3n) is 5.98. The van der Waals surface area contributed by atoms with Gasteiger partial charge in [-0.15, -0.1) is 0 Å². The van der Waals surface area contributed by atoms with Crippen LogP contribution in [0.5, 0.6) is 11.5 Å². The summed E-state index contributed by atoms with van der Waals surface area (Å²) in [5.41, 5.74) is 3.31. The molecule has 3 heterocycles. The molecule has 0 saturated carbocycles. The molecular formula is C25H27N3O4S. The van der Waals surface area contributed by atoms with E-state index in [1.807, 2.05) is 54.3 Å². The van der Waals surface area contributed by atoms with Gasteiger partial charge in [0.05, 0.1) is 18.2 Å². The third kappa shape index (κ3) is 4.96. The summed E-state index contributed by atoms with van der Waals surface area (Å²) in [7, 11) is 0. The molecule has 33 heavy (non-hydrogen) atoms. The molecule has 0 unspecified atom stereocenters. The van der Waals surface area contributed by atoms with Gasteiger partial charge in [-0.2, -0.15) is 0 Å². The van der Waals surface area contributed by atoms with E-state index in [2.05, 4.69) is 10.3 Å².